The van der Waals surface area contributed by atoms with Crippen LogP contribution in [-0.4, -0.2) is 22.2 Å². The van der Waals surface area contributed by atoms with Crippen LogP contribution >= 0.6 is 0 Å². The number of ether oxygens (including phenoxy) is 1. The van der Waals surface area contributed by atoms with Gasteiger partial charge in [0.1, 0.15) is 0 Å². The topological polar surface area (TPSA) is 51.5 Å². The van der Waals surface area contributed by atoms with E-state index in [1.54, 1.807) is 29.7 Å². The monoisotopic (exact) mass is 383 g/mol. The molecule has 1 N–H and O–H groups in total. The van der Waals surface area contributed by atoms with Crippen LogP contribution in [0.1, 0.15) is 28.4 Å². The van der Waals surface area contributed by atoms with Gasteiger partial charge < -0.3 is 9.84 Å². The van der Waals surface area contributed by atoms with Gasteiger partial charge in [-0.05, 0) is 42.3 Å². The van der Waals surface area contributed by atoms with Gasteiger partial charge >= 0.3 is 5.97 Å². The first kappa shape index (κ1) is 18.6. The standard InChI is InChI=1S/C25H21NO3/c1-3-29-25(28)19-12-9-13-20(16-19)26-22-15-8-7-14-21(22)23(24(26)27)17(2)18-10-5-4-6-11-18/h4-16,27H,2-3H2,1H3. The van der Waals surface area contributed by atoms with E-state index in [1.807, 2.05) is 60.7 Å². The van der Waals surface area contributed by atoms with E-state index in [0.717, 1.165) is 22.0 Å². The Morgan fingerprint density at radius 1 is 0.966 bits per heavy atom. The SMILES string of the molecule is C=C(c1ccccc1)c1c(O)n(-c2cccc(C(=O)OCC)c2)c2ccccc12. The lowest BCUT2D eigenvalue weighted by atomic mass is 9.99. The van der Waals surface area contributed by atoms with Gasteiger partial charge in [-0.3, -0.25) is 4.57 Å². The second-order valence-electron chi connectivity index (χ2n) is 6.67. The van der Waals surface area contributed by atoms with Gasteiger partial charge in [0.15, 0.2) is 0 Å². The van der Waals surface area contributed by atoms with Crippen LogP contribution in [0.4, 0.5) is 0 Å². The summed E-state index contributed by atoms with van der Waals surface area (Å²) in [5.74, 6) is -0.305. The molecule has 0 saturated carbocycles. The van der Waals surface area contributed by atoms with Gasteiger partial charge in [-0.15, -0.1) is 0 Å². The number of para-hydroxylation sites is 1. The van der Waals surface area contributed by atoms with Crippen LogP contribution in [0.5, 0.6) is 5.88 Å². The van der Waals surface area contributed by atoms with E-state index >= 15 is 0 Å². The first-order chi connectivity index (χ1) is 14.1. The van der Waals surface area contributed by atoms with Crippen LogP contribution in [0.3, 0.4) is 0 Å². The van der Waals surface area contributed by atoms with E-state index in [2.05, 4.69) is 6.58 Å². The van der Waals surface area contributed by atoms with Gasteiger partial charge in [-0.1, -0.05) is 61.2 Å². The number of nitrogens with zero attached hydrogens (tertiary/aromatic N) is 1. The summed E-state index contributed by atoms with van der Waals surface area (Å²) in [4.78, 5) is 12.2. The van der Waals surface area contributed by atoms with E-state index in [4.69, 9.17) is 4.74 Å². The van der Waals surface area contributed by atoms with Crippen molar-refractivity contribution in [1.29, 1.82) is 0 Å². The Labute approximate surface area is 169 Å². The number of benzene rings is 3. The van der Waals surface area contributed by atoms with Crippen molar-refractivity contribution in [3.63, 3.8) is 0 Å². The van der Waals surface area contributed by atoms with E-state index in [1.165, 1.54) is 0 Å². The molecule has 4 nitrogen and oxygen atoms in total. The molecule has 0 fully saturated rings. The molecular weight excluding hydrogens is 362 g/mol. The lowest BCUT2D eigenvalue weighted by Gasteiger charge is -2.10. The second kappa shape index (κ2) is 7.68. The minimum absolute atomic E-state index is 0.0843. The van der Waals surface area contributed by atoms with Gasteiger partial charge in [0.2, 0.25) is 5.88 Å². The van der Waals surface area contributed by atoms with Crippen molar-refractivity contribution >= 4 is 22.4 Å². The zero-order valence-corrected chi connectivity index (χ0v) is 16.1. The summed E-state index contributed by atoms with van der Waals surface area (Å²) in [6.07, 6.45) is 0. The molecule has 1 heterocycles. The maximum absolute atomic E-state index is 12.2. The molecular formula is C25H21NO3. The first-order valence-corrected chi connectivity index (χ1v) is 9.46. The smallest absolute Gasteiger partial charge is 0.338 e. The molecule has 0 radical (unpaired) electrons. The largest absolute Gasteiger partial charge is 0.494 e. The van der Waals surface area contributed by atoms with Crippen LogP contribution in [0.25, 0.3) is 22.2 Å². The normalized spacial score (nSPS) is 10.8. The van der Waals surface area contributed by atoms with E-state index in [9.17, 15) is 9.90 Å². The van der Waals surface area contributed by atoms with Crippen molar-refractivity contribution in [3.05, 3.63) is 102 Å². The third kappa shape index (κ3) is 3.29. The number of carbonyl (C=O) groups excluding carboxylic acids is 1. The molecule has 4 heteroatoms. The summed E-state index contributed by atoms with van der Waals surface area (Å²) >= 11 is 0. The first-order valence-electron chi connectivity index (χ1n) is 9.46. The number of aromatic hydroxyl groups is 1. The Morgan fingerprint density at radius 3 is 2.41 bits per heavy atom. The summed E-state index contributed by atoms with van der Waals surface area (Å²) in [7, 11) is 0. The molecule has 1 aromatic heterocycles. The molecule has 3 aromatic carbocycles. The lowest BCUT2D eigenvalue weighted by molar-refractivity contribution is 0.0526. The molecule has 4 rings (SSSR count). The molecule has 0 spiro atoms. The van der Waals surface area contributed by atoms with Crippen LogP contribution in [0.15, 0.2) is 85.4 Å². The molecule has 0 unspecified atom stereocenters. The number of hydrogen-bond donors (Lipinski definition) is 1. The summed E-state index contributed by atoms with van der Waals surface area (Å²) < 4.78 is 6.85. The lowest BCUT2D eigenvalue weighted by Crippen LogP contribution is -2.05. The molecule has 0 aliphatic heterocycles. The van der Waals surface area contributed by atoms with Crippen molar-refractivity contribution in [2.24, 2.45) is 0 Å². The molecule has 0 aliphatic carbocycles. The third-order valence-corrected chi connectivity index (χ3v) is 4.89. The molecule has 144 valence electrons. The predicted octanol–water partition coefficient (Wildman–Crippen LogP) is 5.57. The fourth-order valence-corrected chi connectivity index (χ4v) is 3.56. The van der Waals surface area contributed by atoms with Crippen LogP contribution in [0, 0.1) is 0 Å². The quantitative estimate of drug-likeness (QED) is 0.458. The number of hydrogen-bond acceptors (Lipinski definition) is 3. The Morgan fingerprint density at radius 2 is 1.66 bits per heavy atom. The summed E-state index contributed by atoms with van der Waals surface area (Å²) in [6.45, 7) is 6.32. The average molecular weight is 383 g/mol. The van der Waals surface area contributed by atoms with Crippen molar-refractivity contribution in [2.75, 3.05) is 6.61 Å². The third-order valence-electron chi connectivity index (χ3n) is 4.89. The van der Waals surface area contributed by atoms with Crippen molar-refractivity contribution < 1.29 is 14.6 Å². The number of rotatable bonds is 5. The highest BCUT2D eigenvalue weighted by atomic mass is 16.5. The average Bonchev–Trinajstić information content (AvgIpc) is 3.06. The summed E-state index contributed by atoms with van der Waals surface area (Å²) in [5, 5.41) is 12.1. The molecule has 0 bridgehead atoms. The summed E-state index contributed by atoms with van der Waals surface area (Å²) in [5.41, 5.74) is 4.29. The Bertz CT molecular complexity index is 1210. The van der Waals surface area contributed by atoms with Crippen molar-refractivity contribution in [2.45, 2.75) is 6.92 Å². The molecule has 0 atom stereocenters. The Kier molecular flexibility index (Phi) is 4.92. The van der Waals surface area contributed by atoms with Crippen LogP contribution in [0.2, 0.25) is 0 Å². The predicted molar refractivity (Wildman–Crippen MR) is 115 cm³/mol. The van der Waals surface area contributed by atoms with Gasteiger partial charge in [-0.25, -0.2) is 4.79 Å². The fraction of sp³-hybridized carbons (Fsp3) is 0.0800. The highest BCUT2D eigenvalue weighted by molar-refractivity contribution is 6.00. The maximum atomic E-state index is 12.2. The zero-order valence-electron chi connectivity index (χ0n) is 16.1. The Hall–Kier alpha value is -3.79. The molecule has 4 aromatic rings. The van der Waals surface area contributed by atoms with Crippen molar-refractivity contribution in [3.8, 4) is 11.6 Å². The van der Waals surface area contributed by atoms with Crippen molar-refractivity contribution in [1.82, 2.24) is 4.57 Å². The van der Waals surface area contributed by atoms with E-state index < -0.39 is 0 Å². The van der Waals surface area contributed by atoms with Gasteiger partial charge in [0.05, 0.1) is 23.3 Å². The minimum atomic E-state index is -0.390. The second-order valence-corrected chi connectivity index (χ2v) is 6.67. The maximum Gasteiger partial charge on any atom is 0.338 e. The van der Waals surface area contributed by atoms with Gasteiger partial charge in [-0.2, -0.15) is 0 Å². The molecule has 29 heavy (non-hydrogen) atoms. The number of esters is 1. The highest BCUT2D eigenvalue weighted by Gasteiger charge is 2.21. The van der Waals surface area contributed by atoms with Gasteiger partial charge in [0, 0.05) is 11.1 Å². The molecule has 0 amide bonds. The molecule has 0 saturated heterocycles. The highest BCUT2D eigenvalue weighted by Crippen LogP contribution is 2.40. The number of fused-ring (bicyclic) bond motifs is 1. The fourth-order valence-electron chi connectivity index (χ4n) is 3.56. The van der Waals surface area contributed by atoms with E-state index in [0.29, 0.717) is 23.4 Å². The van der Waals surface area contributed by atoms with Gasteiger partial charge in [0.25, 0.3) is 0 Å². The number of carbonyl (C=O) groups is 1. The van der Waals surface area contributed by atoms with E-state index in [-0.39, 0.29) is 11.8 Å². The summed E-state index contributed by atoms with van der Waals surface area (Å²) in [6, 6.07) is 24.6. The molecule has 0 aliphatic rings. The Balaban J connectivity index is 1.91. The van der Waals surface area contributed by atoms with Crippen LogP contribution in [-0.2, 0) is 4.74 Å². The number of aromatic nitrogens is 1. The zero-order chi connectivity index (χ0) is 20.4. The van der Waals surface area contributed by atoms with Crippen LogP contribution < -0.4 is 0 Å². The minimum Gasteiger partial charge on any atom is -0.494 e.